The molecule has 3 rings (SSSR count). The number of carbonyl (C=O) groups excluding carboxylic acids is 2. The molecule has 3 N–H and O–H groups in total. The number of hydrogen-bond acceptors (Lipinski definition) is 3. The molecule has 1 aliphatic carbocycles. The van der Waals surface area contributed by atoms with E-state index in [-0.39, 0.29) is 24.4 Å². The van der Waals surface area contributed by atoms with Crippen LogP contribution in [0.25, 0.3) is 0 Å². The van der Waals surface area contributed by atoms with E-state index in [2.05, 4.69) is 10.6 Å². The van der Waals surface area contributed by atoms with Crippen molar-refractivity contribution in [1.82, 2.24) is 15.5 Å². The normalized spacial score (nSPS) is 23.8. The maximum Gasteiger partial charge on any atom is 0.315 e. The van der Waals surface area contributed by atoms with E-state index in [0.29, 0.717) is 25.9 Å². The second-order valence-electron chi connectivity index (χ2n) is 7.71. The number of amides is 3. The summed E-state index contributed by atoms with van der Waals surface area (Å²) in [5.74, 6) is -1.64. The van der Waals surface area contributed by atoms with Crippen LogP contribution in [0.1, 0.15) is 38.2 Å². The Labute approximate surface area is 159 Å². The van der Waals surface area contributed by atoms with Crippen molar-refractivity contribution in [3.63, 3.8) is 0 Å². The molecule has 1 aromatic rings. The van der Waals surface area contributed by atoms with Crippen LogP contribution >= 0.6 is 0 Å². The predicted octanol–water partition coefficient (Wildman–Crippen LogP) is 1.98. The first-order chi connectivity index (χ1) is 12.9. The fourth-order valence-corrected chi connectivity index (χ4v) is 4.17. The van der Waals surface area contributed by atoms with Crippen LogP contribution in [0.3, 0.4) is 0 Å². The van der Waals surface area contributed by atoms with E-state index in [1.54, 1.807) is 4.90 Å². The average molecular weight is 373 g/mol. The molecule has 0 bridgehead atoms. The van der Waals surface area contributed by atoms with Crippen LogP contribution in [0.4, 0.5) is 4.79 Å². The van der Waals surface area contributed by atoms with Crippen LogP contribution in [0.5, 0.6) is 0 Å². The van der Waals surface area contributed by atoms with Gasteiger partial charge in [-0.1, -0.05) is 50.1 Å². The molecule has 1 heterocycles. The van der Waals surface area contributed by atoms with Crippen LogP contribution in [0.15, 0.2) is 30.3 Å². The Bertz CT molecular complexity index is 700. The molecule has 0 unspecified atom stereocenters. The lowest BCUT2D eigenvalue weighted by atomic mass is 9.95. The SMILES string of the molecule is C[C@@H]1CN(C(=O)C2(NC(=O)NCc3ccccc3)CCCC2)C[C@H]1C(=O)O. The molecule has 7 nitrogen and oxygen atoms in total. The van der Waals surface area contributed by atoms with E-state index in [9.17, 15) is 19.5 Å². The second kappa shape index (κ2) is 7.98. The number of nitrogens with zero attached hydrogens (tertiary/aromatic N) is 1. The summed E-state index contributed by atoms with van der Waals surface area (Å²) < 4.78 is 0. The summed E-state index contributed by atoms with van der Waals surface area (Å²) >= 11 is 0. The third kappa shape index (κ3) is 4.23. The number of benzene rings is 1. The average Bonchev–Trinajstić information content (AvgIpc) is 3.28. The highest BCUT2D eigenvalue weighted by molar-refractivity contribution is 5.92. The van der Waals surface area contributed by atoms with Gasteiger partial charge in [0.2, 0.25) is 5.91 Å². The summed E-state index contributed by atoms with van der Waals surface area (Å²) in [7, 11) is 0. The number of rotatable bonds is 5. The molecule has 1 aromatic carbocycles. The fourth-order valence-electron chi connectivity index (χ4n) is 4.17. The molecule has 0 radical (unpaired) electrons. The molecule has 1 aliphatic heterocycles. The van der Waals surface area contributed by atoms with Gasteiger partial charge in [0.05, 0.1) is 5.92 Å². The molecule has 1 saturated heterocycles. The number of likely N-dealkylation sites (tertiary alicyclic amines) is 1. The number of hydrogen-bond donors (Lipinski definition) is 3. The Hall–Kier alpha value is -2.57. The number of carboxylic acids is 1. The Balaban J connectivity index is 1.64. The molecule has 2 atom stereocenters. The molecule has 0 aromatic heterocycles. The molecule has 146 valence electrons. The van der Waals surface area contributed by atoms with Gasteiger partial charge in [0.1, 0.15) is 5.54 Å². The number of carboxylic acid groups (broad SMARTS) is 1. The van der Waals surface area contributed by atoms with Crippen molar-refractivity contribution < 1.29 is 19.5 Å². The third-order valence-corrected chi connectivity index (χ3v) is 5.73. The summed E-state index contributed by atoms with van der Waals surface area (Å²) in [4.78, 5) is 38.6. The van der Waals surface area contributed by atoms with E-state index in [0.717, 1.165) is 18.4 Å². The minimum absolute atomic E-state index is 0.0863. The first kappa shape index (κ1) is 19.2. The maximum absolute atomic E-state index is 13.2. The maximum atomic E-state index is 13.2. The number of nitrogens with one attached hydrogen (secondary N) is 2. The lowest BCUT2D eigenvalue weighted by Crippen LogP contribution is -2.59. The highest BCUT2D eigenvalue weighted by Gasteiger charge is 2.48. The van der Waals surface area contributed by atoms with Crippen molar-refractivity contribution >= 4 is 17.9 Å². The second-order valence-corrected chi connectivity index (χ2v) is 7.71. The van der Waals surface area contributed by atoms with Crippen molar-refractivity contribution in [2.24, 2.45) is 11.8 Å². The zero-order valence-corrected chi connectivity index (χ0v) is 15.6. The molecule has 27 heavy (non-hydrogen) atoms. The molecule has 3 amide bonds. The fraction of sp³-hybridized carbons (Fsp3) is 0.550. The van der Waals surface area contributed by atoms with Crippen LogP contribution in [-0.4, -0.2) is 46.5 Å². The van der Waals surface area contributed by atoms with Crippen LogP contribution in [-0.2, 0) is 16.1 Å². The molecular weight excluding hydrogens is 346 g/mol. The van der Waals surface area contributed by atoms with Gasteiger partial charge in [-0.05, 0) is 24.3 Å². The first-order valence-corrected chi connectivity index (χ1v) is 9.53. The molecule has 0 spiro atoms. The Kier molecular flexibility index (Phi) is 5.68. The summed E-state index contributed by atoms with van der Waals surface area (Å²) in [5, 5.41) is 15.0. The third-order valence-electron chi connectivity index (χ3n) is 5.73. The quantitative estimate of drug-likeness (QED) is 0.735. The van der Waals surface area contributed by atoms with Crippen LogP contribution in [0, 0.1) is 11.8 Å². The summed E-state index contributed by atoms with van der Waals surface area (Å²) in [5.41, 5.74) is 0.0607. The van der Waals surface area contributed by atoms with E-state index in [1.807, 2.05) is 37.3 Å². The van der Waals surface area contributed by atoms with Crippen molar-refractivity contribution in [3.8, 4) is 0 Å². The summed E-state index contributed by atoms with van der Waals surface area (Å²) in [6, 6.07) is 9.21. The molecule has 7 heteroatoms. The molecule has 1 saturated carbocycles. The number of carbonyl (C=O) groups is 3. The first-order valence-electron chi connectivity index (χ1n) is 9.53. The van der Waals surface area contributed by atoms with E-state index in [4.69, 9.17) is 0 Å². The molecular formula is C20H27N3O4. The van der Waals surface area contributed by atoms with Crippen molar-refractivity contribution in [3.05, 3.63) is 35.9 Å². The van der Waals surface area contributed by atoms with Crippen molar-refractivity contribution in [2.75, 3.05) is 13.1 Å². The van der Waals surface area contributed by atoms with Gasteiger partial charge < -0.3 is 20.6 Å². The summed E-state index contributed by atoms with van der Waals surface area (Å²) in [6.07, 6.45) is 2.92. The van der Waals surface area contributed by atoms with Crippen molar-refractivity contribution in [2.45, 2.75) is 44.7 Å². The number of urea groups is 1. The van der Waals surface area contributed by atoms with Gasteiger partial charge in [-0.15, -0.1) is 0 Å². The van der Waals surface area contributed by atoms with Gasteiger partial charge in [-0.3, -0.25) is 9.59 Å². The minimum Gasteiger partial charge on any atom is -0.481 e. The van der Waals surface area contributed by atoms with Crippen LogP contribution < -0.4 is 10.6 Å². The smallest absolute Gasteiger partial charge is 0.315 e. The molecule has 2 aliphatic rings. The molecule has 2 fully saturated rings. The van der Waals surface area contributed by atoms with Gasteiger partial charge in [0.25, 0.3) is 0 Å². The van der Waals surface area contributed by atoms with E-state index in [1.165, 1.54) is 0 Å². The largest absolute Gasteiger partial charge is 0.481 e. The van der Waals surface area contributed by atoms with Gasteiger partial charge in [0.15, 0.2) is 0 Å². The van der Waals surface area contributed by atoms with Crippen molar-refractivity contribution in [1.29, 1.82) is 0 Å². The standard InChI is InChI=1S/C20H27N3O4/c1-14-12-23(13-16(14)17(24)25)18(26)20(9-5-6-10-20)22-19(27)21-11-15-7-3-2-4-8-15/h2-4,7-8,14,16H,5-6,9-13H2,1H3,(H,24,25)(H2,21,22,27)/t14-,16-/m1/s1. The zero-order chi connectivity index (χ0) is 19.4. The van der Waals surface area contributed by atoms with Gasteiger partial charge in [0, 0.05) is 19.6 Å². The van der Waals surface area contributed by atoms with Gasteiger partial charge >= 0.3 is 12.0 Å². The lowest BCUT2D eigenvalue weighted by Gasteiger charge is -2.33. The lowest BCUT2D eigenvalue weighted by molar-refractivity contribution is -0.142. The Morgan fingerprint density at radius 3 is 2.41 bits per heavy atom. The Morgan fingerprint density at radius 1 is 1.15 bits per heavy atom. The van der Waals surface area contributed by atoms with E-state index < -0.39 is 17.4 Å². The predicted molar refractivity (Wildman–Crippen MR) is 99.9 cm³/mol. The van der Waals surface area contributed by atoms with Gasteiger partial charge in [-0.25, -0.2) is 4.79 Å². The summed E-state index contributed by atoms with van der Waals surface area (Å²) in [6.45, 7) is 2.88. The highest BCUT2D eigenvalue weighted by Crippen LogP contribution is 2.34. The van der Waals surface area contributed by atoms with E-state index >= 15 is 0 Å². The minimum atomic E-state index is -0.923. The van der Waals surface area contributed by atoms with Crippen LogP contribution in [0.2, 0.25) is 0 Å². The number of aliphatic carboxylic acids is 1. The monoisotopic (exact) mass is 373 g/mol. The highest BCUT2D eigenvalue weighted by atomic mass is 16.4. The zero-order valence-electron chi connectivity index (χ0n) is 15.6. The topological polar surface area (TPSA) is 98.7 Å². The van der Waals surface area contributed by atoms with Gasteiger partial charge in [-0.2, -0.15) is 0 Å². The Morgan fingerprint density at radius 2 is 1.81 bits per heavy atom.